The Bertz CT molecular complexity index is 1790. The van der Waals surface area contributed by atoms with E-state index >= 15 is 0 Å². The third-order valence-corrected chi connectivity index (χ3v) is 11.6. The van der Waals surface area contributed by atoms with Gasteiger partial charge in [0.05, 0.1) is 18.0 Å². The Morgan fingerprint density at radius 2 is 1.82 bits per heavy atom. The molecule has 2 aromatic heterocycles. The van der Waals surface area contributed by atoms with Crippen molar-refractivity contribution in [2.45, 2.75) is 62.8 Å². The summed E-state index contributed by atoms with van der Waals surface area (Å²) in [5, 5.41) is 4.37. The molecule has 1 aromatic carbocycles. The molecule has 11 nitrogen and oxygen atoms in total. The molecule has 0 radical (unpaired) electrons. The molecule has 3 aromatic rings. The lowest BCUT2D eigenvalue weighted by molar-refractivity contribution is -0.141. The summed E-state index contributed by atoms with van der Waals surface area (Å²) in [4.78, 5) is 41.4. The molecule has 1 aliphatic carbocycles. The molecule has 14 heteroatoms. The number of amides is 2. The van der Waals surface area contributed by atoms with Crippen LogP contribution in [0.1, 0.15) is 61.4 Å². The second-order valence-electron chi connectivity index (χ2n) is 14.6. The van der Waals surface area contributed by atoms with Gasteiger partial charge in [0.25, 0.3) is 0 Å². The van der Waals surface area contributed by atoms with E-state index in [-0.39, 0.29) is 35.9 Å². The summed E-state index contributed by atoms with van der Waals surface area (Å²) in [6.45, 7) is 3.51. The van der Waals surface area contributed by atoms with Crippen molar-refractivity contribution in [3.8, 4) is 11.4 Å². The summed E-state index contributed by atoms with van der Waals surface area (Å²) in [6.07, 6.45) is 5.24. The van der Waals surface area contributed by atoms with Gasteiger partial charge in [-0.2, -0.15) is 18.3 Å². The Labute approximate surface area is 288 Å². The van der Waals surface area contributed by atoms with Gasteiger partial charge >= 0.3 is 6.18 Å². The highest BCUT2D eigenvalue weighted by Crippen LogP contribution is 2.46. The minimum absolute atomic E-state index is 0.0455. The zero-order valence-corrected chi connectivity index (χ0v) is 28.1. The molecular formula is C36H42F3N9O2. The van der Waals surface area contributed by atoms with E-state index < -0.39 is 17.3 Å². The highest BCUT2D eigenvalue weighted by atomic mass is 19.4. The molecule has 1 saturated carbocycles. The van der Waals surface area contributed by atoms with Crippen molar-refractivity contribution >= 4 is 17.4 Å². The lowest BCUT2D eigenvalue weighted by atomic mass is 9.76. The predicted molar refractivity (Wildman–Crippen MR) is 179 cm³/mol. The maximum atomic E-state index is 14.1. The van der Waals surface area contributed by atoms with Gasteiger partial charge in [0.15, 0.2) is 5.82 Å². The summed E-state index contributed by atoms with van der Waals surface area (Å²) in [5.74, 6) is 1.01. The number of hydrazine groups is 1. The molecule has 4 aliphatic heterocycles. The van der Waals surface area contributed by atoms with Gasteiger partial charge in [-0.1, -0.05) is 30.3 Å². The van der Waals surface area contributed by atoms with E-state index in [1.165, 1.54) is 11.8 Å². The summed E-state index contributed by atoms with van der Waals surface area (Å²) >= 11 is 0. The number of benzene rings is 1. The lowest BCUT2D eigenvalue weighted by Crippen LogP contribution is -2.47. The van der Waals surface area contributed by atoms with Gasteiger partial charge in [-0.15, -0.1) is 0 Å². The molecular weight excluding hydrogens is 647 g/mol. The normalized spacial score (nSPS) is 28.8. The Morgan fingerprint density at radius 1 is 1.02 bits per heavy atom. The SMILES string of the molecule is Cn1cnc(-c2ccc(C3=CCN(C(=O)CN4CC[C@]5(CCN(C6CCC7NNC(c8ccnc(C(F)(F)F)c8)C7C6)C5=O)C4)CC3)cc2)n1. The third kappa shape index (κ3) is 6.21. The molecule has 2 N–H and O–H groups in total. The van der Waals surface area contributed by atoms with Gasteiger partial charge < -0.3 is 9.80 Å². The number of hydrogen-bond acceptors (Lipinski definition) is 8. The van der Waals surface area contributed by atoms with E-state index in [9.17, 15) is 22.8 Å². The zero-order chi connectivity index (χ0) is 34.6. The number of alkyl halides is 3. The summed E-state index contributed by atoms with van der Waals surface area (Å²) < 4.78 is 41.8. The van der Waals surface area contributed by atoms with Crippen LogP contribution in [0.25, 0.3) is 17.0 Å². The molecule has 4 fully saturated rings. The molecule has 4 unspecified atom stereocenters. The second kappa shape index (κ2) is 12.9. The van der Waals surface area contributed by atoms with Gasteiger partial charge in [0.2, 0.25) is 11.8 Å². The van der Waals surface area contributed by atoms with Crippen molar-refractivity contribution < 1.29 is 22.8 Å². The number of likely N-dealkylation sites (tertiary alicyclic amines) is 2. The molecule has 2 amide bonds. The maximum Gasteiger partial charge on any atom is 0.433 e. The van der Waals surface area contributed by atoms with Crippen LogP contribution in [-0.4, -0.2) is 97.6 Å². The molecule has 264 valence electrons. The summed E-state index contributed by atoms with van der Waals surface area (Å²) in [6, 6.07) is 10.9. The first-order valence-electron chi connectivity index (χ1n) is 17.6. The van der Waals surface area contributed by atoms with E-state index in [1.54, 1.807) is 17.1 Å². The summed E-state index contributed by atoms with van der Waals surface area (Å²) in [7, 11) is 1.85. The van der Waals surface area contributed by atoms with Crippen molar-refractivity contribution in [3.63, 3.8) is 0 Å². The van der Waals surface area contributed by atoms with Crippen molar-refractivity contribution in [1.82, 2.24) is 45.3 Å². The molecule has 0 bridgehead atoms. The van der Waals surface area contributed by atoms with Gasteiger partial charge in [0.1, 0.15) is 12.0 Å². The van der Waals surface area contributed by atoms with E-state index in [2.05, 4.69) is 49.0 Å². The number of pyridine rings is 1. The zero-order valence-electron chi connectivity index (χ0n) is 28.1. The monoisotopic (exact) mass is 689 g/mol. The van der Waals surface area contributed by atoms with Gasteiger partial charge in [-0.25, -0.2) is 10.4 Å². The first-order valence-corrected chi connectivity index (χ1v) is 17.6. The quantitative estimate of drug-likeness (QED) is 0.402. The van der Waals surface area contributed by atoms with Crippen LogP contribution in [0.4, 0.5) is 13.2 Å². The van der Waals surface area contributed by atoms with Crippen LogP contribution in [-0.2, 0) is 22.8 Å². The molecule has 3 saturated heterocycles. The first kappa shape index (κ1) is 33.0. The number of halogens is 3. The number of nitrogens with one attached hydrogen (secondary N) is 2. The van der Waals surface area contributed by atoms with Crippen molar-refractivity contribution in [3.05, 3.63) is 71.8 Å². The molecule has 1 spiro atoms. The summed E-state index contributed by atoms with van der Waals surface area (Å²) in [5.41, 5.74) is 9.06. The Kier molecular flexibility index (Phi) is 8.51. The third-order valence-electron chi connectivity index (χ3n) is 11.6. The average molecular weight is 690 g/mol. The number of carbonyl (C=O) groups is 2. The number of hydrogen-bond donors (Lipinski definition) is 2. The highest BCUT2D eigenvalue weighted by Gasteiger charge is 2.54. The number of nitrogens with zero attached hydrogens (tertiary/aromatic N) is 7. The van der Waals surface area contributed by atoms with Crippen molar-refractivity contribution in [1.29, 1.82) is 0 Å². The van der Waals surface area contributed by atoms with E-state index in [0.717, 1.165) is 55.7 Å². The predicted octanol–water partition coefficient (Wildman–Crippen LogP) is 3.82. The highest BCUT2D eigenvalue weighted by molar-refractivity contribution is 5.86. The number of fused-ring (bicyclic) bond motifs is 1. The average Bonchev–Trinajstić information content (AvgIpc) is 3.92. The van der Waals surface area contributed by atoms with E-state index in [0.29, 0.717) is 50.7 Å². The van der Waals surface area contributed by atoms with Crippen LogP contribution in [0.15, 0.2) is 55.0 Å². The fraction of sp³-hybridized carbons (Fsp3) is 0.528. The minimum atomic E-state index is -4.51. The van der Waals surface area contributed by atoms with Gasteiger partial charge in [0, 0.05) is 57.1 Å². The van der Waals surface area contributed by atoms with Crippen molar-refractivity contribution in [2.75, 3.05) is 39.3 Å². The van der Waals surface area contributed by atoms with Gasteiger partial charge in [-0.3, -0.25) is 29.6 Å². The lowest BCUT2D eigenvalue weighted by Gasteiger charge is -2.38. The fourth-order valence-electron chi connectivity index (χ4n) is 8.86. The Balaban J connectivity index is 0.853. The molecule has 5 atom stereocenters. The van der Waals surface area contributed by atoms with Crippen LogP contribution in [0, 0.1) is 11.3 Å². The van der Waals surface area contributed by atoms with Crippen LogP contribution in [0.3, 0.4) is 0 Å². The van der Waals surface area contributed by atoms with E-state index in [1.807, 2.05) is 29.0 Å². The maximum absolute atomic E-state index is 14.1. The first-order chi connectivity index (χ1) is 24.1. The number of carbonyl (C=O) groups excluding carboxylic acids is 2. The topological polar surface area (TPSA) is 112 Å². The molecule has 50 heavy (non-hydrogen) atoms. The molecule has 6 heterocycles. The Hall–Kier alpha value is -4.14. The van der Waals surface area contributed by atoms with E-state index in [4.69, 9.17) is 0 Å². The smallest absolute Gasteiger partial charge is 0.339 e. The number of rotatable bonds is 6. The van der Waals surface area contributed by atoms with Crippen LogP contribution >= 0.6 is 0 Å². The van der Waals surface area contributed by atoms with Crippen LogP contribution in [0.2, 0.25) is 0 Å². The largest absolute Gasteiger partial charge is 0.433 e. The molecule has 5 aliphatic rings. The van der Waals surface area contributed by atoms with Gasteiger partial charge in [-0.05, 0) is 79.8 Å². The Morgan fingerprint density at radius 3 is 2.56 bits per heavy atom. The number of aryl methyl sites for hydroxylation is 1. The van der Waals surface area contributed by atoms with Crippen LogP contribution in [0.5, 0.6) is 0 Å². The van der Waals surface area contributed by atoms with Crippen molar-refractivity contribution in [2.24, 2.45) is 18.4 Å². The second-order valence-corrected chi connectivity index (χ2v) is 14.6. The fourth-order valence-corrected chi connectivity index (χ4v) is 8.86. The number of aromatic nitrogens is 4. The molecule has 8 rings (SSSR count). The standard InChI is InChI=1S/C36H42F3N9O2/c1-45-22-41-33(44-45)25-4-2-23(3-5-25)24-9-14-47(15-10-24)31(49)20-46-16-11-35(21-46)12-17-48(34(35)50)27-6-7-29-28(19-27)32(43-42-29)26-8-13-40-30(18-26)36(37,38)39/h2-5,8-9,13,18,22,27-29,32,42-43H,6-7,10-12,14-17,19-21H2,1H3/t27?,28?,29?,32?,35-/m0/s1. The van der Waals surface area contributed by atoms with Crippen LogP contribution < -0.4 is 10.9 Å². The minimum Gasteiger partial charge on any atom is -0.339 e.